The molecule has 0 aliphatic carbocycles. The number of nitrogens with one attached hydrogen (secondary N) is 1. The standard InChI is InChI=1S/C14H23N3/c1-3-16-12(2)14-6-4-5-11-17(14)13-7-9-15-10-8-13/h7-10,12,14,16H,3-6,11H2,1-2H3. The summed E-state index contributed by atoms with van der Waals surface area (Å²) in [6.45, 7) is 6.69. The zero-order valence-electron chi connectivity index (χ0n) is 10.9. The van der Waals surface area contributed by atoms with E-state index in [1.54, 1.807) is 0 Å². The van der Waals surface area contributed by atoms with Gasteiger partial charge in [0.15, 0.2) is 0 Å². The lowest BCUT2D eigenvalue weighted by atomic mass is 9.96. The van der Waals surface area contributed by atoms with Crippen LogP contribution in [-0.4, -0.2) is 30.2 Å². The molecule has 0 radical (unpaired) electrons. The Hall–Kier alpha value is -1.09. The van der Waals surface area contributed by atoms with Gasteiger partial charge in [0.2, 0.25) is 0 Å². The van der Waals surface area contributed by atoms with Gasteiger partial charge in [-0.2, -0.15) is 0 Å². The van der Waals surface area contributed by atoms with Crippen molar-refractivity contribution in [3.05, 3.63) is 24.5 Å². The molecule has 17 heavy (non-hydrogen) atoms. The van der Waals surface area contributed by atoms with Gasteiger partial charge in [0.05, 0.1) is 0 Å². The molecule has 2 unspecified atom stereocenters. The van der Waals surface area contributed by atoms with E-state index in [1.807, 2.05) is 12.4 Å². The Morgan fingerprint density at radius 3 is 2.88 bits per heavy atom. The fourth-order valence-corrected chi connectivity index (χ4v) is 2.79. The SMILES string of the molecule is CCNC(C)C1CCCCN1c1ccncc1. The van der Waals surface area contributed by atoms with E-state index in [4.69, 9.17) is 0 Å². The molecule has 0 saturated carbocycles. The van der Waals surface area contributed by atoms with E-state index in [0.717, 1.165) is 6.54 Å². The van der Waals surface area contributed by atoms with E-state index < -0.39 is 0 Å². The van der Waals surface area contributed by atoms with Crippen molar-refractivity contribution in [2.24, 2.45) is 0 Å². The summed E-state index contributed by atoms with van der Waals surface area (Å²) >= 11 is 0. The third-order valence-corrected chi connectivity index (χ3v) is 3.65. The van der Waals surface area contributed by atoms with Gasteiger partial charge in [-0.3, -0.25) is 4.98 Å². The molecule has 3 nitrogen and oxygen atoms in total. The average molecular weight is 233 g/mol. The van der Waals surface area contributed by atoms with Gasteiger partial charge in [-0.25, -0.2) is 0 Å². The minimum atomic E-state index is 0.550. The number of likely N-dealkylation sites (N-methyl/N-ethyl adjacent to an activating group) is 1. The third kappa shape index (κ3) is 2.97. The maximum atomic E-state index is 4.10. The first-order valence-electron chi connectivity index (χ1n) is 6.73. The molecule has 2 rings (SSSR count). The van der Waals surface area contributed by atoms with E-state index in [2.05, 4.69) is 41.2 Å². The second-order valence-corrected chi connectivity index (χ2v) is 4.81. The Labute approximate surface area is 104 Å². The van der Waals surface area contributed by atoms with Gasteiger partial charge in [0.1, 0.15) is 0 Å². The third-order valence-electron chi connectivity index (χ3n) is 3.65. The lowest BCUT2D eigenvalue weighted by Gasteiger charge is -2.41. The first kappa shape index (κ1) is 12.4. The Morgan fingerprint density at radius 2 is 2.18 bits per heavy atom. The fourth-order valence-electron chi connectivity index (χ4n) is 2.79. The molecule has 1 aromatic rings. The maximum Gasteiger partial charge on any atom is 0.0440 e. The normalized spacial score (nSPS) is 22.5. The number of nitrogens with zero attached hydrogens (tertiary/aromatic N) is 2. The van der Waals surface area contributed by atoms with Crippen LogP contribution in [0.25, 0.3) is 0 Å². The number of pyridine rings is 1. The highest BCUT2D eigenvalue weighted by Crippen LogP contribution is 2.25. The zero-order chi connectivity index (χ0) is 12.1. The summed E-state index contributed by atoms with van der Waals surface area (Å²) in [5.41, 5.74) is 1.31. The van der Waals surface area contributed by atoms with E-state index in [0.29, 0.717) is 12.1 Å². The average Bonchev–Trinajstić information content (AvgIpc) is 2.40. The highest BCUT2D eigenvalue weighted by atomic mass is 15.2. The van der Waals surface area contributed by atoms with Crippen LogP contribution in [0.15, 0.2) is 24.5 Å². The summed E-state index contributed by atoms with van der Waals surface area (Å²) in [4.78, 5) is 6.64. The van der Waals surface area contributed by atoms with Gasteiger partial charge in [-0.15, -0.1) is 0 Å². The molecule has 0 spiro atoms. The van der Waals surface area contributed by atoms with Crippen molar-refractivity contribution >= 4 is 5.69 Å². The number of hydrogen-bond acceptors (Lipinski definition) is 3. The summed E-state index contributed by atoms with van der Waals surface area (Å²) in [6.07, 6.45) is 7.72. The largest absolute Gasteiger partial charge is 0.367 e. The number of hydrogen-bond donors (Lipinski definition) is 1. The van der Waals surface area contributed by atoms with Crippen molar-refractivity contribution in [1.82, 2.24) is 10.3 Å². The molecule has 1 saturated heterocycles. The molecule has 2 atom stereocenters. The molecule has 1 N–H and O–H groups in total. The summed E-state index contributed by atoms with van der Waals surface area (Å²) in [5, 5.41) is 3.56. The van der Waals surface area contributed by atoms with E-state index in [1.165, 1.54) is 31.5 Å². The first-order chi connectivity index (χ1) is 8.33. The summed E-state index contributed by atoms with van der Waals surface area (Å²) in [7, 11) is 0. The first-order valence-corrected chi connectivity index (χ1v) is 6.73. The molecule has 3 heteroatoms. The molecule has 2 heterocycles. The molecular weight excluding hydrogens is 210 g/mol. The number of piperidine rings is 1. The van der Waals surface area contributed by atoms with Gasteiger partial charge in [-0.05, 0) is 44.9 Å². The molecule has 1 aliphatic rings. The number of rotatable bonds is 4. The molecule has 0 amide bonds. The highest BCUT2D eigenvalue weighted by Gasteiger charge is 2.26. The maximum absolute atomic E-state index is 4.10. The van der Waals surface area contributed by atoms with E-state index in [9.17, 15) is 0 Å². The van der Waals surface area contributed by atoms with Crippen LogP contribution in [0.2, 0.25) is 0 Å². The van der Waals surface area contributed by atoms with Gasteiger partial charge < -0.3 is 10.2 Å². The van der Waals surface area contributed by atoms with E-state index in [-0.39, 0.29) is 0 Å². The molecule has 0 aromatic carbocycles. The summed E-state index contributed by atoms with van der Waals surface area (Å²) in [6, 6.07) is 5.41. The topological polar surface area (TPSA) is 28.2 Å². The van der Waals surface area contributed by atoms with Crippen LogP contribution in [0, 0.1) is 0 Å². The number of anilines is 1. The Morgan fingerprint density at radius 1 is 1.41 bits per heavy atom. The quantitative estimate of drug-likeness (QED) is 0.865. The summed E-state index contributed by atoms with van der Waals surface area (Å²) < 4.78 is 0. The monoisotopic (exact) mass is 233 g/mol. The van der Waals surface area contributed by atoms with Crippen molar-refractivity contribution < 1.29 is 0 Å². The van der Waals surface area contributed by atoms with Crippen molar-refractivity contribution in [1.29, 1.82) is 0 Å². The lowest BCUT2D eigenvalue weighted by Crippen LogP contribution is -2.51. The van der Waals surface area contributed by atoms with Crippen molar-refractivity contribution in [2.45, 2.75) is 45.2 Å². The predicted molar refractivity (Wildman–Crippen MR) is 72.4 cm³/mol. The Balaban J connectivity index is 2.12. The van der Waals surface area contributed by atoms with Crippen molar-refractivity contribution in [3.63, 3.8) is 0 Å². The molecule has 1 fully saturated rings. The second kappa shape index (κ2) is 6.01. The second-order valence-electron chi connectivity index (χ2n) is 4.81. The summed E-state index contributed by atoms with van der Waals surface area (Å²) in [5.74, 6) is 0. The lowest BCUT2D eigenvalue weighted by molar-refractivity contribution is 0.372. The zero-order valence-corrected chi connectivity index (χ0v) is 10.9. The van der Waals surface area contributed by atoms with Crippen LogP contribution in [-0.2, 0) is 0 Å². The van der Waals surface area contributed by atoms with Crippen LogP contribution in [0.4, 0.5) is 5.69 Å². The predicted octanol–water partition coefficient (Wildman–Crippen LogP) is 2.44. The minimum absolute atomic E-state index is 0.550. The van der Waals surface area contributed by atoms with Crippen LogP contribution >= 0.6 is 0 Å². The minimum Gasteiger partial charge on any atom is -0.367 e. The fraction of sp³-hybridized carbons (Fsp3) is 0.643. The van der Waals surface area contributed by atoms with Crippen molar-refractivity contribution in [2.75, 3.05) is 18.0 Å². The van der Waals surface area contributed by atoms with Crippen LogP contribution in [0.3, 0.4) is 0 Å². The Kier molecular flexibility index (Phi) is 4.37. The smallest absolute Gasteiger partial charge is 0.0440 e. The highest BCUT2D eigenvalue weighted by molar-refractivity contribution is 5.46. The van der Waals surface area contributed by atoms with Gasteiger partial charge in [0, 0.05) is 36.7 Å². The molecule has 0 bridgehead atoms. The van der Waals surface area contributed by atoms with Crippen LogP contribution in [0.1, 0.15) is 33.1 Å². The molecule has 1 aromatic heterocycles. The molecule has 1 aliphatic heterocycles. The van der Waals surface area contributed by atoms with Crippen LogP contribution < -0.4 is 10.2 Å². The van der Waals surface area contributed by atoms with E-state index >= 15 is 0 Å². The van der Waals surface area contributed by atoms with Gasteiger partial charge >= 0.3 is 0 Å². The van der Waals surface area contributed by atoms with Gasteiger partial charge in [-0.1, -0.05) is 6.92 Å². The Bertz CT molecular complexity index is 325. The van der Waals surface area contributed by atoms with Crippen LogP contribution in [0.5, 0.6) is 0 Å². The van der Waals surface area contributed by atoms with Crippen molar-refractivity contribution in [3.8, 4) is 0 Å². The van der Waals surface area contributed by atoms with Gasteiger partial charge in [0.25, 0.3) is 0 Å². The number of aromatic nitrogens is 1. The molecule has 94 valence electrons. The molecular formula is C14H23N3.